The maximum absolute atomic E-state index is 13.5. The van der Waals surface area contributed by atoms with Gasteiger partial charge in [0.15, 0.2) is 0 Å². The Morgan fingerprint density at radius 2 is 1.36 bits per heavy atom. The first kappa shape index (κ1) is 32.8. The van der Waals surface area contributed by atoms with E-state index in [4.69, 9.17) is 4.74 Å². The summed E-state index contributed by atoms with van der Waals surface area (Å²) in [5.74, 6) is -1.99. The molecule has 1 aliphatic rings. The average Bonchev–Trinajstić information content (AvgIpc) is 2.85. The minimum atomic E-state index is -4.99. The number of alkyl halides is 6. The lowest BCUT2D eigenvalue weighted by molar-refractivity contribution is -0.275. The molecule has 232 valence electrons. The van der Waals surface area contributed by atoms with Gasteiger partial charge in [0.05, 0.1) is 4.90 Å². The summed E-state index contributed by atoms with van der Waals surface area (Å²) in [7, 11) is -4.47. The Morgan fingerprint density at radius 3 is 1.83 bits per heavy atom. The van der Waals surface area contributed by atoms with Gasteiger partial charge in [-0.15, -0.1) is 26.3 Å². The molecule has 42 heavy (non-hydrogen) atoms. The second-order valence-electron chi connectivity index (χ2n) is 9.99. The van der Waals surface area contributed by atoms with Gasteiger partial charge in [0.25, 0.3) is 0 Å². The van der Waals surface area contributed by atoms with Crippen molar-refractivity contribution < 1.29 is 58.6 Å². The Morgan fingerprint density at radius 1 is 0.857 bits per heavy atom. The SMILES string of the molecule is CC(C)(C)OC(=O)N1CCN(S(=O)(=O)c2ccc(OC(F)(F)F)cc2)[C@@H](C(=O)NCc2ccc(OC(F)(F)F)cc2)C1. The van der Waals surface area contributed by atoms with E-state index >= 15 is 0 Å². The zero-order chi connectivity index (χ0) is 31.5. The van der Waals surface area contributed by atoms with E-state index in [2.05, 4.69) is 14.8 Å². The minimum absolute atomic E-state index is 0.159. The van der Waals surface area contributed by atoms with Crippen molar-refractivity contribution in [1.29, 1.82) is 0 Å². The molecule has 1 N–H and O–H groups in total. The lowest BCUT2D eigenvalue weighted by Crippen LogP contribution is -2.61. The molecule has 1 aliphatic heterocycles. The maximum Gasteiger partial charge on any atom is 0.573 e. The molecule has 0 unspecified atom stereocenters. The number of nitrogens with one attached hydrogen (secondary N) is 1. The van der Waals surface area contributed by atoms with E-state index in [0.29, 0.717) is 5.56 Å². The van der Waals surface area contributed by atoms with E-state index in [0.717, 1.165) is 45.6 Å². The molecular weight excluding hydrogens is 600 g/mol. The summed E-state index contributed by atoms with van der Waals surface area (Å²) in [6.07, 6.45) is -10.7. The molecule has 2 aromatic rings. The third-order valence-electron chi connectivity index (χ3n) is 5.57. The number of sulfonamides is 1. The zero-order valence-corrected chi connectivity index (χ0v) is 23.3. The Kier molecular flexibility index (Phi) is 9.56. The third-order valence-corrected chi connectivity index (χ3v) is 7.50. The quantitative estimate of drug-likeness (QED) is 0.453. The molecule has 17 heteroatoms. The van der Waals surface area contributed by atoms with Crippen LogP contribution in [0.2, 0.25) is 0 Å². The van der Waals surface area contributed by atoms with Crippen LogP contribution in [-0.2, 0) is 26.1 Å². The largest absolute Gasteiger partial charge is 0.573 e. The van der Waals surface area contributed by atoms with Crippen LogP contribution in [0, 0.1) is 0 Å². The molecule has 1 fully saturated rings. The number of ether oxygens (including phenoxy) is 3. The smallest absolute Gasteiger partial charge is 0.444 e. The molecule has 0 bridgehead atoms. The summed E-state index contributed by atoms with van der Waals surface area (Å²) < 4.78 is 115. The molecule has 3 rings (SSSR count). The summed E-state index contributed by atoms with van der Waals surface area (Å²) in [6, 6.07) is 6.47. The molecule has 2 aromatic carbocycles. The number of halogens is 6. The van der Waals surface area contributed by atoms with Crippen LogP contribution in [-0.4, -0.2) is 73.6 Å². The number of hydrogen-bond donors (Lipinski definition) is 1. The highest BCUT2D eigenvalue weighted by atomic mass is 32.2. The van der Waals surface area contributed by atoms with Crippen molar-refractivity contribution in [2.24, 2.45) is 0 Å². The number of piperazine rings is 1. The lowest BCUT2D eigenvalue weighted by atomic mass is 10.1. The summed E-state index contributed by atoms with van der Waals surface area (Å²) in [6.45, 7) is 3.70. The van der Waals surface area contributed by atoms with Crippen LogP contribution in [0.5, 0.6) is 11.5 Å². The summed E-state index contributed by atoms with van der Waals surface area (Å²) in [5, 5.41) is 2.50. The van der Waals surface area contributed by atoms with Crippen LogP contribution in [0.25, 0.3) is 0 Å². The van der Waals surface area contributed by atoms with Crippen molar-refractivity contribution in [1.82, 2.24) is 14.5 Å². The van der Waals surface area contributed by atoms with E-state index in [1.54, 1.807) is 20.8 Å². The third kappa shape index (κ3) is 9.40. The van der Waals surface area contributed by atoms with E-state index in [9.17, 15) is 44.3 Å². The van der Waals surface area contributed by atoms with Gasteiger partial charge in [-0.3, -0.25) is 4.79 Å². The monoisotopic (exact) mass is 627 g/mol. The fourth-order valence-electron chi connectivity index (χ4n) is 3.82. The Labute approximate surface area is 237 Å². The number of amides is 2. The van der Waals surface area contributed by atoms with Crippen LogP contribution in [0.4, 0.5) is 31.1 Å². The van der Waals surface area contributed by atoms with E-state index in [1.807, 2.05) is 0 Å². The van der Waals surface area contributed by atoms with Gasteiger partial charge in [0, 0.05) is 26.2 Å². The van der Waals surface area contributed by atoms with E-state index < -0.39 is 69.3 Å². The highest BCUT2D eigenvalue weighted by Crippen LogP contribution is 2.28. The van der Waals surface area contributed by atoms with Crippen molar-refractivity contribution in [2.75, 3.05) is 19.6 Å². The normalized spacial score (nSPS) is 17.0. The van der Waals surface area contributed by atoms with Gasteiger partial charge in [-0.05, 0) is 62.7 Å². The minimum Gasteiger partial charge on any atom is -0.444 e. The standard InChI is InChI=1S/C25H27F6N3O7S/c1-23(2,3)41-22(36)33-12-13-34(42(37,38)19-10-8-18(9-11-19)40-25(29,30)31)20(15-33)21(35)32-14-16-4-6-17(7-5-16)39-24(26,27)28/h4-11,20H,12-15H2,1-3H3,(H,32,35)/t20-/m1/s1. The fraction of sp³-hybridized carbons (Fsp3) is 0.440. The van der Waals surface area contributed by atoms with Crippen LogP contribution < -0.4 is 14.8 Å². The number of carbonyl (C=O) groups is 2. The van der Waals surface area contributed by atoms with Crippen molar-refractivity contribution >= 4 is 22.0 Å². The van der Waals surface area contributed by atoms with Gasteiger partial charge in [-0.2, -0.15) is 4.31 Å². The van der Waals surface area contributed by atoms with Crippen LogP contribution >= 0.6 is 0 Å². The predicted octanol–water partition coefficient (Wildman–Crippen LogP) is 4.41. The zero-order valence-electron chi connectivity index (χ0n) is 22.5. The van der Waals surface area contributed by atoms with Gasteiger partial charge in [0.1, 0.15) is 23.1 Å². The first-order valence-electron chi connectivity index (χ1n) is 12.2. The fourth-order valence-corrected chi connectivity index (χ4v) is 5.39. The first-order chi connectivity index (χ1) is 19.2. The molecule has 0 radical (unpaired) electrons. The molecule has 0 aromatic heterocycles. The lowest BCUT2D eigenvalue weighted by Gasteiger charge is -2.39. The van der Waals surface area contributed by atoms with Crippen molar-refractivity contribution in [2.45, 2.75) is 56.6 Å². The Hall–Kier alpha value is -3.73. The summed E-state index contributed by atoms with van der Waals surface area (Å²) >= 11 is 0. The highest BCUT2D eigenvalue weighted by Gasteiger charge is 2.42. The molecule has 10 nitrogen and oxygen atoms in total. The number of nitrogens with zero attached hydrogens (tertiary/aromatic N) is 2. The highest BCUT2D eigenvalue weighted by molar-refractivity contribution is 7.89. The van der Waals surface area contributed by atoms with Crippen molar-refractivity contribution in [3.63, 3.8) is 0 Å². The van der Waals surface area contributed by atoms with Gasteiger partial charge in [0.2, 0.25) is 15.9 Å². The Bertz CT molecular complexity index is 1360. The molecule has 0 spiro atoms. The summed E-state index contributed by atoms with van der Waals surface area (Å²) in [5.41, 5.74) is -0.535. The topological polar surface area (TPSA) is 114 Å². The van der Waals surface area contributed by atoms with Crippen molar-refractivity contribution in [3.8, 4) is 11.5 Å². The number of rotatable bonds is 7. The Balaban J connectivity index is 1.82. The molecular formula is C25H27F6N3O7S. The van der Waals surface area contributed by atoms with Gasteiger partial charge in [-0.1, -0.05) is 12.1 Å². The van der Waals surface area contributed by atoms with Crippen LogP contribution in [0.15, 0.2) is 53.4 Å². The molecule has 2 amide bonds. The van der Waals surface area contributed by atoms with E-state index in [1.165, 1.54) is 12.1 Å². The maximum atomic E-state index is 13.5. The van der Waals surface area contributed by atoms with E-state index in [-0.39, 0.29) is 19.6 Å². The molecule has 1 atom stereocenters. The molecule has 0 saturated carbocycles. The van der Waals surface area contributed by atoms with Gasteiger partial charge >= 0.3 is 18.8 Å². The second kappa shape index (κ2) is 12.2. The molecule has 0 aliphatic carbocycles. The predicted molar refractivity (Wildman–Crippen MR) is 134 cm³/mol. The molecule has 1 heterocycles. The number of carbonyl (C=O) groups excluding carboxylic acids is 2. The second-order valence-corrected chi connectivity index (χ2v) is 11.9. The number of hydrogen-bond acceptors (Lipinski definition) is 7. The van der Waals surface area contributed by atoms with Crippen molar-refractivity contribution in [3.05, 3.63) is 54.1 Å². The van der Waals surface area contributed by atoms with Gasteiger partial charge < -0.3 is 24.4 Å². The first-order valence-corrected chi connectivity index (χ1v) is 13.7. The molecule has 1 saturated heterocycles. The van der Waals surface area contributed by atoms with Gasteiger partial charge in [-0.25, -0.2) is 13.2 Å². The summed E-state index contributed by atoms with van der Waals surface area (Å²) in [4.78, 5) is 26.7. The van der Waals surface area contributed by atoms with Crippen LogP contribution in [0.1, 0.15) is 26.3 Å². The number of benzene rings is 2. The van der Waals surface area contributed by atoms with Crippen LogP contribution in [0.3, 0.4) is 0 Å². The average molecular weight is 628 g/mol.